The third kappa shape index (κ3) is 5.41. The molecule has 7 nitrogen and oxygen atoms in total. The third-order valence-electron chi connectivity index (χ3n) is 6.34. The van der Waals surface area contributed by atoms with Crippen molar-refractivity contribution < 1.29 is 24.2 Å². The maximum absolute atomic E-state index is 13.3. The fourth-order valence-corrected chi connectivity index (χ4v) is 4.62. The molecule has 0 radical (unpaired) electrons. The number of nitrogens with zero attached hydrogens (tertiary/aromatic N) is 1. The predicted octanol–water partition coefficient (Wildman–Crippen LogP) is 4.65. The lowest BCUT2D eigenvalue weighted by molar-refractivity contribution is -0.142. The molecule has 0 aliphatic heterocycles. The first-order valence-corrected chi connectivity index (χ1v) is 11.7. The zero-order chi connectivity index (χ0) is 25.0. The molecule has 2 amide bonds. The molecule has 2 aromatic rings. The Labute approximate surface area is 201 Å². The van der Waals surface area contributed by atoms with Crippen molar-refractivity contribution in [2.24, 2.45) is 5.41 Å². The molecule has 0 fully saturated rings. The van der Waals surface area contributed by atoms with Gasteiger partial charge in [0.1, 0.15) is 12.6 Å². The van der Waals surface area contributed by atoms with Crippen molar-refractivity contribution in [3.8, 4) is 11.1 Å². The van der Waals surface area contributed by atoms with E-state index in [9.17, 15) is 14.4 Å². The van der Waals surface area contributed by atoms with Gasteiger partial charge in [0.2, 0.25) is 5.91 Å². The molecule has 7 heteroatoms. The van der Waals surface area contributed by atoms with E-state index in [1.165, 1.54) is 4.90 Å². The Balaban J connectivity index is 1.73. The monoisotopic (exact) mass is 466 g/mol. The molecule has 34 heavy (non-hydrogen) atoms. The number of amides is 2. The molecule has 1 aliphatic carbocycles. The first kappa shape index (κ1) is 25.3. The number of nitrogens with one attached hydrogen (secondary N) is 1. The van der Waals surface area contributed by atoms with Crippen LogP contribution in [0.3, 0.4) is 0 Å². The van der Waals surface area contributed by atoms with Crippen LogP contribution < -0.4 is 5.32 Å². The van der Waals surface area contributed by atoms with E-state index in [1.54, 1.807) is 13.8 Å². The van der Waals surface area contributed by atoms with Crippen LogP contribution in [0.25, 0.3) is 11.1 Å². The second-order valence-corrected chi connectivity index (χ2v) is 9.84. The molecule has 2 N–H and O–H groups in total. The fraction of sp³-hybridized carbons (Fsp3) is 0.444. The SMILES string of the molecule is CCN(C(=O)[C@@H](NC(=O)OCC1c2ccccc2-c2ccccc21)C(C)(C)C)C(C)CC(=O)O. The molecule has 2 aromatic carbocycles. The molecule has 0 aromatic heterocycles. The van der Waals surface area contributed by atoms with Crippen LogP contribution in [0, 0.1) is 5.41 Å². The molecule has 3 rings (SSSR count). The van der Waals surface area contributed by atoms with Gasteiger partial charge in [-0.1, -0.05) is 69.3 Å². The number of fused-ring (bicyclic) bond motifs is 3. The molecule has 1 unspecified atom stereocenters. The summed E-state index contributed by atoms with van der Waals surface area (Å²) in [5.74, 6) is -1.38. The number of aliphatic carboxylic acids is 1. The van der Waals surface area contributed by atoms with Gasteiger partial charge in [-0.2, -0.15) is 0 Å². The molecule has 2 atom stereocenters. The van der Waals surface area contributed by atoms with Crippen molar-refractivity contribution in [1.82, 2.24) is 10.2 Å². The van der Waals surface area contributed by atoms with E-state index in [4.69, 9.17) is 9.84 Å². The zero-order valence-corrected chi connectivity index (χ0v) is 20.5. The molecule has 0 saturated heterocycles. The van der Waals surface area contributed by atoms with E-state index in [0.717, 1.165) is 22.3 Å². The fourth-order valence-electron chi connectivity index (χ4n) is 4.62. The van der Waals surface area contributed by atoms with Crippen molar-refractivity contribution in [3.63, 3.8) is 0 Å². The third-order valence-corrected chi connectivity index (χ3v) is 6.34. The van der Waals surface area contributed by atoms with E-state index >= 15 is 0 Å². The number of hydrogen-bond acceptors (Lipinski definition) is 4. The molecule has 0 saturated carbocycles. The maximum Gasteiger partial charge on any atom is 0.407 e. The number of carboxylic acid groups (broad SMARTS) is 1. The van der Waals surface area contributed by atoms with Gasteiger partial charge in [-0.05, 0) is 41.5 Å². The topological polar surface area (TPSA) is 95.9 Å². The summed E-state index contributed by atoms with van der Waals surface area (Å²) in [6.45, 7) is 9.55. The smallest absolute Gasteiger partial charge is 0.407 e. The number of carboxylic acids is 1. The maximum atomic E-state index is 13.3. The number of benzene rings is 2. The minimum absolute atomic E-state index is 0.0790. The van der Waals surface area contributed by atoms with E-state index in [1.807, 2.05) is 57.2 Å². The summed E-state index contributed by atoms with van der Waals surface area (Å²) in [4.78, 5) is 38.8. The first-order chi connectivity index (χ1) is 16.0. The Morgan fingerprint density at radius 3 is 2.03 bits per heavy atom. The minimum Gasteiger partial charge on any atom is -0.481 e. The molecular formula is C27H34N2O5. The predicted molar refractivity (Wildman–Crippen MR) is 131 cm³/mol. The van der Waals surface area contributed by atoms with Gasteiger partial charge in [0.05, 0.1) is 6.42 Å². The lowest BCUT2D eigenvalue weighted by Gasteiger charge is -2.36. The van der Waals surface area contributed by atoms with Gasteiger partial charge in [-0.25, -0.2) is 4.79 Å². The highest BCUT2D eigenvalue weighted by atomic mass is 16.5. The number of alkyl carbamates (subject to hydrolysis) is 1. The van der Waals surface area contributed by atoms with Crippen LogP contribution in [0.15, 0.2) is 48.5 Å². The Kier molecular flexibility index (Phi) is 7.64. The van der Waals surface area contributed by atoms with E-state index in [0.29, 0.717) is 6.54 Å². The normalized spacial score (nSPS) is 14.5. The Morgan fingerprint density at radius 2 is 1.56 bits per heavy atom. The Bertz CT molecular complexity index is 1010. The molecule has 1 aliphatic rings. The van der Waals surface area contributed by atoms with Crippen LogP contribution >= 0.6 is 0 Å². The average Bonchev–Trinajstić information content (AvgIpc) is 3.09. The van der Waals surface area contributed by atoms with E-state index in [-0.39, 0.29) is 24.9 Å². The summed E-state index contributed by atoms with van der Waals surface area (Å²) in [6.07, 6.45) is -0.835. The van der Waals surface area contributed by atoms with Crippen molar-refractivity contribution >= 4 is 18.0 Å². The molecular weight excluding hydrogens is 432 g/mol. The highest BCUT2D eigenvalue weighted by Gasteiger charge is 2.38. The van der Waals surface area contributed by atoms with Crippen LogP contribution in [0.5, 0.6) is 0 Å². The van der Waals surface area contributed by atoms with Crippen LogP contribution in [0.4, 0.5) is 4.79 Å². The number of hydrogen-bond donors (Lipinski definition) is 2. The van der Waals surface area contributed by atoms with Crippen LogP contribution in [0.1, 0.15) is 58.1 Å². The van der Waals surface area contributed by atoms with Gasteiger partial charge in [0.15, 0.2) is 0 Å². The van der Waals surface area contributed by atoms with Gasteiger partial charge in [0.25, 0.3) is 0 Å². The highest BCUT2D eigenvalue weighted by molar-refractivity contribution is 5.87. The number of rotatable bonds is 8. The standard InChI is InChI=1S/C27H34N2O5/c1-6-29(17(2)15-23(30)31)25(32)24(27(3,4)5)28-26(33)34-16-22-20-13-9-7-11-18(20)19-12-8-10-14-21(19)22/h7-14,17,22,24H,6,15-16H2,1-5H3,(H,28,33)(H,30,31)/t17?,24-/m1/s1. The summed E-state index contributed by atoms with van der Waals surface area (Å²) >= 11 is 0. The van der Waals surface area contributed by atoms with Gasteiger partial charge in [0, 0.05) is 18.5 Å². The van der Waals surface area contributed by atoms with Crippen molar-refractivity contribution in [3.05, 3.63) is 59.7 Å². The Morgan fingerprint density at radius 1 is 1.03 bits per heavy atom. The van der Waals surface area contributed by atoms with Crippen molar-refractivity contribution in [1.29, 1.82) is 0 Å². The summed E-state index contributed by atoms with van der Waals surface area (Å²) in [7, 11) is 0. The highest BCUT2D eigenvalue weighted by Crippen LogP contribution is 2.44. The second-order valence-electron chi connectivity index (χ2n) is 9.84. The van der Waals surface area contributed by atoms with E-state index in [2.05, 4.69) is 17.4 Å². The lowest BCUT2D eigenvalue weighted by atomic mass is 9.85. The largest absolute Gasteiger partial charge is 0.481 e. The number of carbonyl (C=O) groups is 3. The molecule has 0 spiro atoms. The zero-order valence-electron chi connectivity index (χ0n) is 20.5. The second kappa shape index (κ2) is 10.3. The lowest BCUT2D eigenvalue weighted by Crippen LogP contribution is -2.56. The average molecular weight is 467 g/mol. The quantitative estimate of drug-likeness (QED) is 0.590. The molecule has 0 bridgehead atoms. The Hall–Kier alpha value is -3.35. The molecule has 0 heterocycles. The number of ether oxygens (including phenoxy) is 1. The molecule has 182 valence electrons. The first-order valence-electron chi connectivity index (χ1n) is 11.7. The van der Waals surface area contributed by atoms with Crippen LogP contribution in [-0.2, 0) is 14.3 Å². The number of likely N-dealkylation sites (N-methyl/N-ethyl adjacent to an activating group) is 1. The van der Waals surface area contributed by atoms with Gasteiger partial charge >= 0.3 is 12.1 Å². The van der Waals surface area contributed by atoms with Crippen LogP contribution in [-0.4, -0.2) is 53.2 Å². The summed E-state index contributed by atoms with van der Waals surface area (Å²) in [5.41, 5.74) is 3.90. The minimum atomic E-state index is -0.976. The van der Waals surface area contributed by atoms with Gasteiger partial charge in [-0.3, -0.25) is 9.59 Å². The van der Waals surface area contributed by atoms with Gasteiger partial charge in [-0.15, -0.1) is 0 Å². The van der Waals surface area contributed by atoms with Crippen molar-refractivity contribution in [2.45, 2.75) is 59.0 Å². The summed E-state index contributed by atoms with van der Waals surface area (Å²) < 4.78 is 5.64. The summed E-state index contributed by atoms with van der Waals surface area (Å²) in [5, 5.41) is 11.9. The summed E-state index contributed by atoms with van der Waals surface area (Å²) in [6, 6.07) is 14.8. The van der Waals surface area contributed by atoms with Gasteiger partial charge < -0.3 is 20.1 Å². The number of carbonyl (C=O) groups excluding carboxylic acids is 2. The van der Waals surface area contributed by atoms with Crippen LogP contribution in [0.2, 0.25) is 0 Å². The van der Waals surface area contributed by atoms with E-state index < -0.39 is 29.6 Å². The van der Waals surface area contributed by atoms with Crippen molar-refractivity contribution in [2.75, 3.05) is 13.2 Å².